The van der Waals surface area contributed by atoms with Gasteiger partial charge in [-0.05, 0) is 24.0 Å². The van der Waals surface area contributed by atoms with Gasteiger partial charge in [0.05, 0.1) is 12.6 Å². The Bertz CT molecular complexity index is 567. The van der Waals surface area contributed by atoms with Crippen molar-refractivity contribution in [3.63, 3.8) is 0 Å². The first kappa shape index (κ1) is 15.8. The summed E-state index contributed by atoms with van der Waals surface area (Å²) >= 11 is 0. The van der Waals surface area contributed by atoms with E-state index in [0.29, 0.717) is 12.6 Å². The Morgan fingerprint density at radius 1 is 0.913 bits per heavy atom. The fraction of sp³-hybridized carbons (Fsp3) is 0.350. The first-order chi connectivity index (χ1) is 11.3. The van der Waals surface area contributed by atoms with E-state index in [9.17, 15) is 4.79 Å². The molecular formula is C20H24N2O. The minimum absolute atomic E-state index is 0.0340. The predicted octanol–water partition coefficient (Wildman–Crippen LogP) is 3.42. The lowest BCUT2D eigenvalue weighted by Gasteiger charge is -2.20. The van der Waals surface area contributed by atoms with Crippen LogP contribution in [0.3, 0.4) is 0 Å². The van der Waals surface area contributed by atoms with Gasteiger partial charge in [0.2, 0.25) is 5.91 Å². The van der Waals surface area contributed by atoms with Crippen molar-refractivity contribution in [2.45, 2.75) is 37.8 Å². The highest BCUT2D eigenvalue weighted by Crippen LogP contribution is 2.21. The van der Waals surface area contributed by atoms with Crippen LogP contribution in [0, 0.1) is 0 Å². The lowest BCUT2D eigenvalue weighted by Crippen LogP contribution is -2.40. The third-order valence-electron chi connectivity index (χ3n) is 4.45. The first-order valence-electron chi connectivity index (χ1n) is 8.45. The SMILES string of the molecule is O=C(CNC(c1ccccc1)c1ccccc1)NC1CCCC1. The Labute approximate surface area is 138 Å². The largest absolute Gasteiger partial charge is 0.352 e. The van der Waals surface area contributed by atoms with Gasteiger partial charge in [-0.3, -0.25) is 10.1 Å². The quantitative estimate of drug-likeness (QED) is 0.858. The first-order valence-corrected chi connectivity index (χ1v) is 8.45. The zero-order valence-corrected chi connectivity index (χ0v) is 13.4. The van der Waals surface area contributed by atoms with Gasteiger partial charge >= 0.3 is 0 Å². The van der Waals surface area contributed by atoms with Gasteiger partial charge < -0.3 is 5.32 Å². The third-order valence-corrected chi connectivity index (χ3v) is 4.45. The van der Waals surface area contributed by atoms with Crippen molar-refractivity contribution in [3.05, 3.63) is 71.8 Å². The van der Waals surface area contributed by atoms with Gasteiger partial charge in [-0.15, -0.1) is 0 Å². The molecule has 0 aliphatic heterocycles. The number of benzene rings is 2. The second-order valence-corrected chi connectivity index (χ2v) is 6.18. The molecule has 0 saturated heterocycles. The summed E-state index contributed by atoms with van der Waals surface area (Å²) in [6.07, 6.45) is 4.70. The highest BCUT2D eigenvalue weighted by molar-refractivity contribution is 5.78. The van der Waals surface area contributed by atoms with Crippen LogP contribution < -0.4 is 10.6 Å². The second kappa shape index (κ2) is 7.93. The monoisotopic (exact) mass is 308 g/mol. The van der Waals surface area contributed by atoms with Gasteiger partial charge in [-0.2, -0.15) is 0 Å². The summed E-state index contributed by atoms with van der Waals surface area (Å²) < 4.78 is 0. The number of rotatable bonds is 6. The van der Waals surface area contributed by atoms with Crippen LogP contribution in [-0.2, 0) is 4.79 Å². The third kappa shape index (κ3) is 4.42. The average molecular weight is 308 g/mol. The molecule has 120 valence electrons. The van der Waals surface area contributed by atoms with Gasteiger partial charge in [0.1, 0.15) is 0 Å². The molecule has 0 bridgehead atoms. The van der Waals surface area contributed by atoms with Crippen molar-refractivity contribution in [2.75, 3.05) is 6.54 Å². The van der Waals surface area contributed by atoms with Gasteiger partial charge in [-0.1, -0.05) is 73.5 Å². The number of nitrogens with one attached hydrogen (secondary N) is 2. The van der Waals surface area contributed by atoms with Crippen LogP contribution in [0.5, 0.6) is 0 Å². The van der Waals surface area contributed by atoms with Crippen molar-refractivity contribution in [1.82, 2.24) is 10.6 Å². The Kier molecular flexibility index (Phi) is 5.43. The number of hydrogen-bond acceptors (Lipinski definition) is 2. The molecule has 0 unspecified atom stereocenters. The molecule has 0 heterocycles. The average Bonchev–Trinajstić information content (AvgIpc) is 3.10. The summed E-state index contributed by atoms with van der Waals surface area (Å²) in [4.78, 5) is 12.2. The molecule has 3 rings (SSSR count). The normalized spacial score (nSPS) is 15.0. The molecule has 1 fully saturated rings. The Hall–Kier alpha value is -2.13. The van der Waals surface area contributed by atoms with Crippen LogP contribution in [0.25, 0.3) is 0 Å². The smallest absolute Gasteiger partial charge is 0.234 e. The van der Waals surface area contributed by atoms with E-state index in [1.807, 2.05) is 36.4 Å². The van der Waals surface area contributed by atoms with E-state index in [4.69, 9.17) is 0 Å². The van der Waals surface area contributed by atoms with Crippen molar-refractivity contribution in [1.29, 1.82) is 0 Å². The zero-order valence-electron chi connectivity index (χ0n) is 13.4. The Morgan fingerprint density at radius 2 is 1.43 bits per heavy atom. The van der Waals surface area contributed by atoms with Crippen molar-refractivity contribution in [2.24, 2.45) is 0 Å². The molecule has 1 aliphatic rings. The van der Waals surface area contributed by atoms with Crippen LogP contribution in [0.4, 0.5) is 0 Å². The van der Waals surface area contributed by atoms with Crippen molar-refractivity contribution >= 4 is 5.91 Å². The number of amides is 1. The maximum atomic E-state index is 12.2. The van der Waals surface area contributed by atoms with Crippen LogP contribution in [0.1, 0.15) is 42.9 Å². The number of carbonyl (C=O) groups excluding carboxylic acids is 1. The van der Waals surface area contributed by atoms with Crippen molar-refractivity contribution < 1.29 is 4.79 Å². The lowest BCUT2D eigenvalue weighted by atomic mass is 9.99. The van der Waals surface area contributed by atoms with Gasteiger partial charge in [0, 0.05) is 6.04 Å². The maximum Gasteiger partial charge on any atom is 0.234 e. The summed E-state index contributed by atoms with van der Waals surface area (Å²) in [7, 11) is 0. The fourth-order valence-corrected chi connectivity index (χ4v) is 3.26. The summed E-state index contributed by atoms with van der Waals surface area (Å²) in [5.74, 6) is 0.0914. The standard InChI is InChI=1S/C20H24N2O/c23-19(22-18-13-7-8-14-18)15-21-20(16-9-3-1-4-10-16)17-11-5-2-6-12-17/h1-6,9-12,18,20-21H,7-8,13-15H2,(H,22,23). The van der Waals surface area contributed by atoms with E-state index in [0.717, 1.165) is 12.8 Å². The molecule has 0 atom stereocenters. The molecule has 3 nitrogen and oxygen atoms in total. The molecule has 1 aliphatic carbocycles. The Balaban J connectivity index is 1.65. The van der Waals surface area contributed by atoms with Crippen LogP contribution in [0.15, 0.2) is 60.7 Å². The van der Waals surface area contributed by atoms with Crippen LogP contribution in [-0.4, -0.2) is 18.5 Å². The maximum absolute atomic E-state index is 12.2. The predicted molar refractivity (Wildman–Crippen MR) is 93.1 cm³/mol. The van der Waals surface area contributed by atoms with Gasteiger partial charge in [0.15, 0.2) is 0 Å². The topological polar surface area (TPSA) is 41.1 Å². The molecule has 2 aromatic carbocycles. The second-order valence-electron chi connectivity index (χ2n) is 6.18. The molecule has 2 aromatic rings. The van der Waals surface area contributed by atoms with Gasteiger partial charge in [0.25, 0.3) is 0 Å². The van der Waals surface area contributed by atoms with Crippen LogP contribution >= 0.6 is 0 Å². The van der Waals surface area contributed by atoms with Crippen LogP contribution in [0.2, 0.25) is 0 Å². The summed E-state index contributed by atoms with van der Waals surface area (Å²) in [5.41, 5.74) is 2.35. The number of carbonyl (C=O) groups is 1. The van der Waals surface area contributed by atoms with E-state index in [-0.39, 0.29) is 11.9 Å². The summed E-state index contributed by atoms with van der Waals surface area (Å²) in [6, 6.07) is 21.0. The van der Waals surface area contributed by atoms with Crippen molar-refractivity contribution in [3.8, 4) is 0 Å². The molecule has 0 radical (unpaired) electrons. The van der Waals surface area contributed by atoms with E-state index in [2.05, 4.69) is 34.9 Å². The summed E-state index contributed by atoms with van der Waals surface area (Å²) in [5, 5.41) is 6.55. The molecule has 2 N–H and O–H groups in total. The molecule has 3 heteroatoms. The molecule has 23 heavy (non-hydrogen) atoms. The molecular weight excluding hydrogens is 284 g/mol. The Morgan fingerprint density at radius 3 is 1.96 bits per heavy atom. The van der Waals surface area contributed by atoms with Gasteiger partial charge in [-0.25, -0.2) is 0 Å². The lowest BCUT2D eigenvalue weighted by molar-refractivity contribution is -0.121. The van der Waals surface area contributed by atoms with E-state index in [1.165, 1.54) is 24.0 Å². The summed E-state index contributed by atoms with van der Waals surface area (Å²) in [6.45, 7) is 0.338. The highest BCUT2D eigenvalue weighted by atomic mass is 16.2. The highest BCUT2D eigenvalue weighted by Gasteiger charge is 2.19. The molecule has 1 saturated carbocycles. The molecule has 0 aromatic heterocycles. The van der Waals surface area contributed by atoms with E-state index < -0.39 is 0 Å². The van der Waals surface area contributed by atoms with E-state index >= 15 is 0 Å². The molecule has 0 spiro atoms. The fourth-order valence-electron chi connectivity index (χ4n) is 3.26. The molecule has 1 amide bonds. The zero-order chi connectivity index (χ0) is 15.9. The minimum atomic E-state index is 0.0340. The van der Waals surface area contributed by atoms with E-state index in [1.54, 1.807) is 0 Å². The minimum Gasteiger partial charge on any atom is -0.352 e. The number of hydrogen-bond donors (Lipinski definition) is 2.